The van der Waals surface area contributed by atoms with Crippen LogP contribution in [-0.2, 0) is 0 Å². The van der Waals surface area contributed by atoms with E-state index in [9.17, 15) is 14.9 Å². The molecule has 0 amide bonds. The highest BCUT2D eigenvalue weighted by atomic mass is 32.2. The highest BCUT2D eigenvalue weighted by Gasteiger charge is 2.25. The third kappa shape index (κ3) is 3.75. The summed E-state index contributed by atoms with van der Waals surface area (Å²) in [5.41, 5.74) is 0.966. The van der Waals surface area contributed by atoms with Gasteiger partial charge in [-0.3, -0.25) is 14.9 Å². The van der Waals surface area contributed by atoms with E-state index in [0.717, 1.165) is 31.0 Å². The van der Waals surface area contributed by atoms with Crippen molar-refractivity contribution in [1.29, 1.82) is 0 Å². The number of nitrogens with zero attached hydrogens (tertiary/aromatic N) is 2. The number of carbonyl (C=O) groups excluding carboxylic acids is 1. The normalized spacial score (nSPS) is 18.1. The zero-order chi connectivity index (χ0) is 15.6. The number of hydrogen-bond acceptors (Lipinski definition) is 5. The third-order valence-electron chi connectivity index (χ3n) is 3.76. The Balaban J connectivity index is 2.30. The molecule has 1 aromatic carbocycles. The molecule has 0 N–H and O–H groups in total. The van der Waals surface area contributed by atoms with Crippen LogP contribution in [0, 0.1) is 10.1 Å². The number of nitro groups is 1. The monoisotopic (exact) mass is 308 g/mol. The van der Waals surface area contributed by atoms with E-state index >= 15 is 0 Å². The maximum absolute atomic E-state index is 11.6. The molecular weight excluding hydrogens is 288 g/mol. The molecule has 1 saturated heterocycles. The van der Waals surface area contributed by atoms with Gasteiger partial charge in [0, 0.05) is 35.3 Å². The smallest absolute Gasteiger partial charge is 0.280 e. The highest BCUT2D eigenvalue weighted by Crippen LogP contribution is 2.33. The summed E-state index contributed by atoms with van der Waals surface area (Å²) in [5, 5.41) is 11.0. The Morgan fingerprint density at radius 2 is 2.10 bits per heavy atom. The van der Waals surface area contributed by atoms with Gasteiger partial charge in [-0.05, 0) is 25.5 Å². The Morgan fingerprint density at radius 1 is 1.38 bits per heavy atom. The summed E-state index contributed by atoms with van der Waals surface area (Å²) in [6.07, 6.45) is 1.05. The van der Waals surface area contributed by atoms with E-state index in [2.05, 4.69) is 18.7 Å². The van der Waals surface area contributed by atoms with E-state index in [1.165, 1.54) is 13.0 Å². The summed E-state index contributed by atoms with van der Waals surface area (Å²) in [7, 11) is 0. The number of ketones is 1. The predicted molar refractivity (Wildman–Crippen MR) is 86.5 cm³/mol. The van der Waals surface area contributed by atoms with Gasteiger partial charge in [0.1, 0.15) is 0 Å². The van der Waals surface area contributed by atoms with Crippen LogP contribution in [0.4, 0.5) is 11.4 Å². The van der Waals surface area contributed by atoms with Crippen molar-refractivity contribution in [3.05, 3.63) is 33.9 Å². The maximum atomic E-state index is 11.6. The molecule has 1 aliphatic rings. The van der Waals surface area contributed by atoms with Gasteiger partial charge < -0.3 is 4.90 Å². The summed E-state index contributed by atoms with van der Waals surface area (Å²) in [6, 6.07) is 4.84. The Bertz CT molecular complexity index is 572. The molecule has 0 saturated carbocycles. The maximum Gasteiger partial charge on any atom is 0.280 e. The molecule has 6 heteroatoms. The van der Waals surface area contributed by atoms with Crippen LogP contribution in [0.5, 0.6) is 0 Å². The summed E-state index contributed by atoms with van der Waals surface area (Å²) in [4.78, 5) is 24.3. The van der Waals surface area contributed by atoms with Crippen LogP contribution in [0.3, 0.4) is 0 Å². The Morgan fingerprint density at radius 3 is 2.71 bits per heavy atom. The zero-order valence-electron chi connectivity index (χ0n) is 12.6. The number of thioether (sulfide) groups is 1. The summed E-state index contributed by atoms with van der Waals surface area (Å²) in [5.74, 6) is 0.743. The SMILES string of the molecule is CC(=O)c1cc(N2CCSC(C)(C)CC2)ccc1[N+](=O)[O-]. The molecule has 2 rings (SSSR count). The van der Waals surface area contributed by atoms with Crippen molar-refractivity contribution >= 4 is 28.9 Å². The van der Waals surface area contributed by atoms with Crippen molar-refractivity contribution in [3.8, 4) is 0 Å². The van der Waals surface area contributed by atoms with Crippen molar-refractivity contribution in [2.24, 2.45) is 0 Å². The van der Waals surface area contributed by atoms with Crippen molar-refractivity contribution in [1.82, 2.24) is 0 Å². The van der Waals surface area contributed by atoms with Crippen LogP contribution in [0.2, 0.25) is 0 Å². The molecule has 0 atom stereocenters. The van der Waals surface area contributed by atoms with E-state index in [-0.39, 0.29) is 21.8 Å². The molecule has 0 unspecified atom stereocenters. The molecule has 0 spiro atoms. The first-order valence-electron chi connectivity index (χ1n) is 6.98. The standard InChI is InChI=1S/C15H20N2O3S/c1-11(18)13-10-12(4-5-14(13)17(19)20)16-7-6-15(2,3)21-9-8-16/h4-5,10H,6-9H2,1-3H3. The Kier molecular flexibility index (Phi) is 4.56. The Hall–Kier alpha value is -1.56. The van der Waals surface area contributed by atoms with Gasteiger partial charge in [0.05, 0.1) is 10.5 Å². The minimum atomic E-state index is -0.498. The number of rotatable bonds is 3. The molecule has 0 radical (unpaired) electrons. The van der Waals surface area contributed by atoms with Crippen molar-refractivity contribution in [2.75, 3.05) is 23.7 Å². The number of hydrogen-bond donors (Lipinski definition) is 0. The van der Waals surface area contributed by atoms with Crippen LogP contribution in [0.25, 0.3) is 0 Å². The van der Waals surface area contributed by atoms with Crippen molar-refractivity contribution < 1.29 is 9.72 Å². The molecule has 1 aliphatic heterocycles. The van der Waals surface area contributed by atoms with Gasteiger partial charge in [0.2, 0.25) is 0 Å². The summed E-state index contributed by atoms with van der Waals surface area (Å²) >= 11 is 1.94. The van der Waals surface area contributed by atoms with Crippen molar-refractivity contribution in [3.63, 3.8) is 0 Å². The molecular formula is C15H20N2O3S. The van der Waals surface area contributed by atoms with Gasteiger partial charge in [-0.25, -0.2) is 0 Å². The molecule has 1 heterocycles. The largest absolute Gasteiger partial charge is 0.371 e. The quantitative estimate of drug-likeness (QED) is 0.485. The average molecular weight is 308 g/mol. The van der Waals surface area contributed by atoms with Crippen LogP contribution >= 0.6 is 11.8 Å². The van der Waals surface area contributed by atoms with E-state index in [1.54, 1.807) is 12.1 Å². The molecule has 1 aromatic rings. The first-order chi connectivity index (χ1) is 9.80. The lowest BCUT2D eigenvalue weighted by Gasteiger charge is -2.24. The van der Waals surface area contributed by atoms with Gasteiger partial charge in [-0.15, -0.1) is 0 Å². The van der Waals surface area contributed by atoms with Gasteiger partial charge in [0.15, 0.2) is 5.78 Å². The summed E-state index contributed by atoms with van der Waals surface area (Å²) < 4.78 is 0.249. The van der Waals surface area contributed by atoms with Gasteiger partial charge >= 0.3 is 0 Å². The van der Waals surface area contributed by atoms with Gasteiger partial charge in [-0.2, -0.15) is 11.8 Å². The van der Waals surface area contributed by atoms with Crippen LogP contribution in [0.1, 0.15) is 37.6 Å². The molecule has 0 bridgehead atoms. The first kappa shape index (κ1) is 15.8. The fraction of sp³-hybridized carbons (Fsp3) is 0.533. The second kappa shape index (κ2) is 6.05. The molecule has 5 nitrogen and oxygen atoms in total. The van der Waals surface area contributed by atoms with Crippen LogP contribution in [-0.4, -0.2) is 34.3 Å². The number of anilines is 1. The van der Waals surface area contributed by atoms with Crippen LogP contribution in [0.15, 0.2) is 18.2 Å². The minimum Gasteiger partial charge on any atom is -0.371 e. The fourth-order valence-corrected chi connectivity index (χ4v) is 3.54. The zero-order valence-corrected chi connectivity index (χ0v) is 13.4. The van der Waals surface area contributed by atoms with E-state index in [1.807, 2.05) is 11.8 Å². The molecule has 114 valence electrons. The minimum absolute atomic E-state index is 0.115. The second-order valence-corrected chi connectivity index (χ2v) is 7.66. The summed E-state index contributed by atoms with van der Waals surface area (Å²) in [6.45, 7) is 7.63. The molecule has 0 aromatic heterocycles. The van der Waals surface area contributed by atoms with E-state index in [0.29, 0.717) is 0 Å². The number of nitro benzene ring substituents is 1. The average Bonchev–Trinajstić information content (AvgIpc) is 2.59. The second-order valence-electron chi connectivity index (χ2n) is 5.86. The molecule has 1 fully saturated rings. The number of carbonyl (C=O) groups is 1. The first-order valence-corrected chi connectivity index (χ1v) is 7.97. The van der Waals surface area contributed by atoms with E-state index in [4.69, 9.17) is 0 Å². The fourth-order valence-electron chi connectivity index (χ4n) is 2.44. The lowest BCUT2D eigenvalue weighted by Crippen LogP contribution is -2.27. The van der Waals surface area contributed by atoms with Crippen LogP contribution < -0.4 is 4.90 Å². The van der Waals surface area contributed by atoms with Gasteiger partial charge in [-0.1, -0.05) is 13.8 Å². The topological polar surface area (TPSA) is 63.5 Å². The van der Waals surface area contributed by atoms with Crippen molar-refractivity contribution in [2.45, 2.75) is 31.9 Å². The third-order valence-corrected chi connectivity index (χ3v) is 5.13. The lowest BCUT2D eigenvalue weighted by atomic mass is 10.1. The Labute approximate surface area is 128 Å². The molecule has 0 aliphatic carbocycles. The molecule has 21 heavy (non-hydrogen) atoms. The highest BCUT2D eigenvalue weighted by molar-refractivity contribution is 8.00. The van der Waals surface area contributed by atoms with Gasteiger partial charge in [0.25, 0.3) is 5.69 Å². The lowest BCUT2D eigenvalue weighted by molar-refractivity contribution is -0.385. The predicted octanol–water partition coefficient (Wildman–Crippen LogP) is 3.52. The van der Waals surface area contributed by atoms with E-state index < -0.39 is 4.92 Å². The number of Topliss-reactive ketones (excluding diaryl/α,β-unsaturated/α-hetero) is 1. The number of benzene rings is 1.